The van der Waals surface area contributed by atoms with Gasteiger partial charge < -0.3 is 19.4 Å². The van der Waals surface area contributed by atoms with E-state index in [4.69, 9.17) is 22.9 Å². The minimum atomic E-state index is -0.635. The number of hydrogen-bond acceptors (Lipinski definition) is 7. The number of benzene rings is 3. The van der Waals surface area contributed by atoms with Gasteiger partial charge in [0.1, 0.15) is 17.9 Å². The highest BCUT2D eigenvalue weighted by atomic mass is 35.5. The number of nitrogens with one attached hydrogen (secondary N) is 1. The molecule has 1 unspecified atom stereocenters. The molecular weight excluding hydrogens is 704 g/mol. The van der Waals surface area contributed by atoms with Crippen molar-refractivity contribution in [2.24, 2.45) is 5.92 Å². The summed E-state index contributed by atoms with van der Waals surface area (Å²) >= 11 is 6.16. The molecule has 5 aliphatic heterocycles. The van der Waals surface area contributed by atoms with Gasteiger partial charge >= 0.3 is 0 Å². The first-order valence-corrected chi connectivity index (χ1v) is 19.1. The lowest BCUT2D eigenvalue weighted by Gasteiger charge is -2.46. The second-order valence-electron chi connectivity index (χ2n) is 14.8. The largest absolute Gasteiger partial charge is 0.490 e. The van der Waals surface area contributed by atoms with E-state index in [0.29, 0.717) is 59.7 Å². The lowest BCUT2D eigenvalue weighted by atomic mass is 9.93. The van der Waals surface area contributed by atoms with Crippen molar-refractivity contribution >= 4 is 46.6 Å². The Morgan fingerprint density at radius 2 is 1.69 bits per heavy atom. The number of halogens is 1. The van der Waals surface area contributed by atoms with Gasteiger partial charge in [0.25, 0.3) is 11.8 Å². The quantitative estimate of drug-likeness (QED) is 0.208. The van der Waals surface area contributed by atoms with Crippen molar-refractivity contribution in [3.63, 3.8) is 0 Å². The number of ether oxygens (including phenoxy) is 1. The second kappa shape index (κ2) is 15.2. The number of carbonyl (C=O) groups is 4. The number of amides is 4. The zero-order valence-electron chi connectivity index (χ0n) is 29.9. The van der Waals surface area contributed by atoms with E-state index in [1.165, 1.54) is 0 Å². The zero-order valence-corrected chi connectivity index (χ0v) is 30.7. The number of piperidine rings is 3. The van der Waals surface area contributed by atoms with Crippen LogP contribution in [-0.2, 0) is 16.1 Å². The molecule has 0 radical (unpaired) electrons. The molecule has 0 aliphatic carbocycles. The molecule has 11 nitrogen and oxygen atoms in total. The highest BCUT2D eigenvalue weighted by Gasteiger charge is 2.40. The fourth-order valence-corrected chi connectivity index (χ4v) is 8.50. The molecule has 4 saturated heterocycles. The minimum absolute atomic E-state index is 0.00544. The summed E-state index contributed by atoms with van der Waals surface area (Å²) in [5.41, 5.74) is 4.52. The van der Waals surface area contributed by atoms with E-state index in [9.17, 15) is 19.2 Å². The van der Waals surface area contributed by atoms with Crippen LogP contribution in [0, 0.1) is 24.3 Å². The fourth-order valence-electron chi connectivity index (χ4n) is 8.29. The number of nitrogens with zero attached hydrogens (tertiary/aromatic N) is 5. The number of carbonyl (C=O) groups excluding carboxylic acids is 4. The predicted octanol–water partition coefficient (Wildman–Crippen LogP) is 5.29. The van der Waals surface area contributed by atoms with Crippen LogP contribution >= 0.6 is 11.6 Å². The predicted molar refractivity (Wildman–Crippen MR) is 203 cm³/mol. The molecule has 0 bridgehead atoms. The Balaban J connectivity index is 0.781. The van der Waals surface area contributed by atoms with Crippen molar-refractivity contribution < 1.29 is 23.9 Å². The van der Waals surface area contributed by atoms with Crippen LogP contribution < -0.4 is 15.0 Å². The highest BCUT2D eigenvalue weighted by Crippen LogP contribution is 2.33. The van der Waals surface area contributed by atoms with Crippen LogP contribution in [0.1, 0.15) is 70.4 Å². The third kappa shape index (κ3) is 7.26. The molecule has 5 heterocycles. The smallest absolute Gasteiger partial charge is 0.255 e. The summed E-state index contributed by atoms with van der Waals surface area (Å²) in [6.45, 7) is 12.5. The molecule has 0 saturated carbocycles. The van der Waals surface area contributed by atoms with Crippen LogP contribution in [0.25, 0.3) is 4.85 Å². The summed E-state index contributed by atoms with van der Waals surface area (Å²) in [6, 6.07) is 18.6. The van der Waals surface area contributed by atoms with Crippen molar-refractivity contribution in [1.82, 2.24) is 20.0 Å². The SMILES string of the molecule is [C-]#[N+]c1ccc(OC2CCN(C(=O)c3ccc(N4CCC(N5CC(C#Cc6cccc7c6CN(C6CCC(=O)NC6=O)C7=O)C5)CC4)cc3)CC2)cc1Cl. The van der Waals surface area contributed by atoms with Crippen LogP contribution in [-0.4, -0.2) is 95.8 Å². The second-order valence-corrected chi connectivity index (χ2v) is 15.2. The van der Waals surface area contributed by atoms with Gasteiger partial charge in [0.05, 0.1) is 11.6 Å². The van der Waals surface area contributed by atoms with Crippen molar-refractivity contribution in [2.75, 3.05) is 44.2 Å². The maximum Gasteiger partial charge on any atom is 0.255 e. The van der Waals surface area contributed by atoms with Crippen molar-refractivity contribution in [3.05, 3.63) is 99.4 Å². The van der Waals surface area contributed by atoms with E-state index < -0.39 is 11.9 Å². The van der Waals surface area contributed by atoms with E-state index in [1.54, 1.807) is 29.2 Å². The third-order valence-electron chi connectivity index (χ3n) is 11.4. The maximum absolute atomic E-state index is 13.3. The summed E-state index contributed by atoms with van der Waals surface area (Å²) in [7, 11) is 0. The molecule has 8 rings (SSSR count). The Kier molecular flexibility index (Phi) is 10.0. The van der Waals surface area contributed by atoms with Gasteiger partial charge in [-0.15, -0.1) is 0 Å². The Labute approximate surface area is 320 Å². The number of hydrogen-bond donors (Lipinski definition) is 1. The van der Waals surface area contributed by atoms with E-state index in [1.807, 2.05) is 29.2 Å². The lowest BCUT2D eigenvalue weighted by molar-refractivity contribution is -0.136. The maximum atomic E-state index is 13.3. The first kappa shape index (κ1) is 35.7. The van der Waals surface area contributed by atoms with Crippen LogP contribution in [0.5, 0.6) is 5.75 Å². The molecule has 0 spiro atoms. The monoisotopic (exact) mass is 744 g/mol. The Morgan fingerprint density at radius 3 is 2.39 bits per heavy atom. The number of anilines is 1. The Morgan fingerprint density at radius 1 is 0.926 bits per heavy atom. The minimum Gasteiger partial charge on any atom is -0.490 e. The molecule has 5 aliphatic rings. The average Bonchev–Trinajstić information content (AvgIpc) is 3.51. The molecule has 3 aromatic carbocycles. The van der Waals surface area contributed by atoms with Gasteiger partial charge in [-0.25, -0.2) is 4.85 Å². The molecule has 54 heavy (non-hydrogen) atoms. The van der Waals surface area contributed by atoms with Crippen molar-refractivity contribution in [2.45, 2.75) is 63.3 Å². The van der Waals surface area contributed by atoms with Crippen molar-refractivity contribution in [1.29, 1.82) is 0 Å². The van der Waals surface area contributed by atoms with Gasteiger partial charge in [-0.3, -0.25) is 29.4 Å². The Bertz CT molecular complexity index is 2080. The van der Waals surface area contributed by atoms with Gasteiger partial charge in [-0.05, 0) is 73.4 Å². The summed E-state index contributed by atoms with van der Waals surface area (Å²) in [5, 5.41) is 2.74. The van der Waals surface area contributed by atoms with Gasteiger partial charge in [-0.1, -0.05) is 35.6 Å². The normalized spacial score (nSPS) is 21.1. The van der Waals surface area contributed by atoms with Gasteiger partial charge in [0.2, 0.25) is 17.5 Å². The lowest BCUT2D eigenvalue weighted by Crippen LogP contribution is -2.54. The topological polar surface area (TPSA) is 107 Å². The Hall–Kier alpha value is -5.36. The fraction of sp³-hybridized carbons (Fsp3) is 0.405. The molecule has 1 N–H and O–H groups in total. The summed E-state index contributed by atoms with van der Waals surface area (Å²) < 4.78 is 6.09. The molecule has 1 atom stereocenters. The number of imide groups is 1. The number of rotatable bonds is 6. The molecule has 0 aromatic heterocycles. The summed E-state index contributed by atoms with van der Waals surface area (Å²) in [6.07, 6.45) is 4.17. The molecule has 4 amide bonds. The van der Waals surface area contributed by atoms with Crippen LogP contribution in [0.2, 0.25) is 5.02 Å². The standard InChI is InChI=1S/C42H41ClN6O5/c1-44-37-12-11-33(23-36(37)43)54-32-17-21-47(22-18-32)41(52)29-7-9-30(10-8-29)46-19-15-31(16-20-46)48-24-27(25-48)5-6-28-3-2-4-34-35(28)26-49(42(34)53)38-13-14-39(50)45-40(38)51/h2-4,7-12,23,27,31-32,38H,13-22,24-26H2,(H,45,50,51). The molecule has 276 valence electrons. The van der Waals surface area contributed by atoms with E-state index in [2.05, 4.69) is 43.9 Å². The van der Waals surface area contributed by atoms with Crippen LogP contribution in [0.3, 0.4) is 0 Å². The summed E-state index contributed by atoms with van der Waals surface area (Å²) in [5.74, 6) is 6.87. The van der Waals surface area contributed by atoms with E-state index in [0.717, 1.165) is 68.7 Å². The first-order valence-electron chi connectivity index (χ1n) is 18.7. The van der Waals surface area contributed by atoms with Gasteiger partial charge in [-0.2, -0.15) is 0 Å². The van der Waals surface area contributed by atoms with Gasteiger partial charge in [0, 0.05) is 99.4 Å². The van der Waals surface area contributed by atoms with Gasteiger partial charge in [0.15, 0.2) is 0 Å². The molecule has 4 fully saturated rings. The van der Waals surface area contributed by atoms with E-state index >= 15 is 0 Å². The molecular formula is C42H41ClN6O5. The van der Waals surface area contributed by atoms with E-state index in [-0.39, 0.29) is 36.2 Å². The molecule has 3 aromatic rings. The van der Waals surface area contributed by atoms with Crippen LogP contribution in [0.4, 0.5) is 11.4 Å². The summed E-state index contributed by atoms with van der Waals surface area (Å²) in [4.78, 5) is 62.3. The third-order valence-corrected chi connectivity index (χ3v) is 11.7. The zero-order chi connectivity index (χ0) is 37.3. The first-order chi connectivity index (χ1) is 26.2. The van der Waals surface area contributed by atoms with Crippen LogP contribution in [0.15, 0.2) is 60.7 Å². The molecule has 12 heteroatoms. The highest BCUT2D eigenvalue weighted by molar-refractivity contribution is 6.33. The average molecular weight is 745 g/mol. The van der Waals surface area contributed by atoms with Crippen molar-refractivity contribution in [3.8, 4) is 17.6 Å². The number of fused-ring (bicyclic) bond motifs is 1. The number of likely N-dealkylation sites (tertiary alicyclic amines) is 2.